The van der Waals surface area contributed by atoms with E-state index in [0.29, 0.717) is 19.4 Å². The average molecular weight is 286 g/mol. The van der Waals surface area contributed by atoms with Crippen LogP contribution in [0.2, 0.25) is 0 Å². The van der Waals surface area contributed by atoms with Crippen LogP contribution in [-0.4, -0.2) is 54.3 Å². The van der Waals surface area contributed by atoms with Gasteiger partial charge in [0.2, 0.25) is 5.91 Å². The number of carbonyl (C=O) groups is 2. The highest BCUT2D eigenvalue weighted by atomic mass is 16.7. The number of piperidine rings is 1. The van der Waals surface area contributed by atoms with Gasteiger partial charge in [-0.1, -0.05) is 0 Å². The lowest BCUT2D eigenvalue weighted by Gasteiger charge is -2.38. The molecule has 1 heterocycles. The van der Waals surface area contributed by atoms with Crippen molar-refractivity contribution in [3.63, 3.8) is 0 Å². The Labute approximate surface area is 121 Å². The zero-order valence-corrected chi connectivity index (χ0v) is 13.3. The van der Waals surface area contributed by atoms with Crippen LogP contribution in [0, 0.1) is 5.92 Å². The fourth-order valence-electron chi connectivity index (χ4n) is 2.34. The second kappa shape index (κ2) is 6.43. The smallest absolute Gasteiger partial charge is 0.410 e. The van der Waals surface area contributed by atoms with Crippen LogP contribution in [0.5, 0.6) is 0 Å². The molecule has 0 bridgehead atoms. The molecule has 1 aliphatic heterocycles. The van der Waals surface area contributed by atoms with Gasteiger partial charge in [0, 0.05) is 25.6 Å². The Morgan fingerprint density at radius 1 is 1.30 bits per heavy atom. The van der Waals surface area contributed by atoms with Crippen LogP contribution in [0.3, 0.4) is 0 Å². The highest BCUT2D eigenvalue weighted by Crippen LogP contribution is 2.26. The van der Waals surface area contributed by atoms with Crippen molar-refractivity contribution in [1.82, 2.24) is 9.96 Å². The Balaban J connectivity index is 2.60. The zero-order chi connectivity index (χ0) is 15.5. The number of rotatable bonds is 2. The van der Waals surface area contributed by atoms with Crippen LogP contribution in [0.4, 0.5) is 4.79 Å². The van der Waals surface area contributed by atoms with Crippen molar-refractivity contribution in [2.24, 2.45) is 5.92 Å². The number of likely N-dealkylation sites (tertiary alicyclic amines) is 1. The van der Waals surface area contributed by atoms with Gasteiger partial charge >= 0.3 is 6.09 Å². The Morgan fingerprint density at radius 3 is 2.35 bits per heavy atom. The third kappa shape index (κ3) is 4.37. The molecule has 0 radical (unpaired) electrons. The summed E-state index contributed by atoms with van der Waals surface area (Å²) in [5.41, 5.74) is -0.500. The van der Waals surface area contributed by atoms with E-state index < -0.39 is 5.60 Å². The number of hydrogen-bond acceptors (Lipinski definition) is 4. The lowest BCUT2D eigenvalue weighted by Crippen LogP contribution is -2.49. The van der Waals surface area contributed by atoms with E-state index in [-0.39, 0.29) is 24.0 Å². The Bertz CT molecular complexity index is 365. The maximum atomic E-state index is 12.1. The van der Waals surface area contributed by atoms with Crippen molar-refractivity contribution in [3.05, 3.63) is 0 Å². The van der Waals surface area contributed by atoms with Crippen molar-refractivity contribution in [3.8, 4) is 0 Å². The van der Waals surface area contributed by atoms with E-state index in [1.165, 1.54) is 12.2 Å². The molecule has 0 spiro atoms. The molecule has 0 aromatic carbocycles. The van der Waals surface area contributed by atoms with Gasteiger partial charge in [0.15, 0.2) is 0 Å². The molecule has 6 heteroatoms. The molecule has 2 unspecified atom stereocenters. The van der Waals surface area contributed by atoms with Crippen molar-refractivity contribution in [2.75, 3.05) is 20.7 Å². The number of nitrogens with zero attached hydrogens (tertiary/aromatic N) is 2. The minimum atomic E-state index is -0.500. The van der Waals surface area contributed by atoms with E-state index in [4.69, 9.17) is 9.57 Å². The maximum Gasteiger partial charge on any atom is 0.410 e. The minimum Gasteiger partial charge on any atom is -0.444 e. The lowest BCUT2D eigenvalue weighted by molar-refractivity contribution is -0.175. The summed E-state index contributed by atoms with van der Waals surface area (Å²) in [6.45, 7) is 8.01. The Morgan fingerprint density at radius 2 is 1.90 bits per heavy atom. The molecule has 1 aliphatic rings. The molecular formula is C14H26N2O4. The largest absolute Gasteiger partial charge is 0.444 e. The summed E-state index contributed by atoms with van der Waals surface area (Å²) in [5, 5.41) is 1.25. The number of hydroxylamine groups is 2. The molecule has 1 saturated heterocycles. The first-order valence-electron chi connectivity index (χ1n) is 6.97. The molecule has 0 saturated carbocycles. The van der Waals surface area contributed by atoms with Crippen LogP contribution < -0.4 is 0 Å². The lowest BCUT2D eigenvalue weighted by atomic mass is 9.91. The minimum absolute atomic E-state index is 0.0159. The molecule has 1 rings (SSSR count). The van der Waals surface area contributed by atoms with Gasteiger partial charge in [-0.05, 0) is 40.5 Å². The van der Waals surface area contributed by atoms with Crippen molar-refractivity contribution >= 4 is 12.0 Å². The monoisotopic (exact) mass is 286 g/mol. The number of hydrogen-bond donors (Lipinski definition) is 0. The molecule has 0 aliphatic carbocycles. The van der Waals surface area contributed by atoms with Gasteiger partial charge in [0.1, 0.15) is 5.60 Å². The summed E-state index contributed by atoms with van der Waals surface area (Å²) >= 11 is 0. The van der Waals surface area contributed by atoms with Crippen LogP contribution in [0.1, 0.15) is 40.5 Å². The molecule has 2 amide bonds. The van der Waals surface area contributed by atoms with Gasteiger partial charge in [0.05, 0.1) is 7.11 Å². The fourth-order valence-corrected chi connectivity index (χ4v) is 2.34. The summed E-state index contributed by atoms with van der Waals surface area (Å²) in [5.74, 6) is -0.142. The van der Waals surface area contributed by atoms with Gasteiger partial charge in [0.25, 0.3) is 0 Å². The van der Waals surface area contributed by atoms with E-state index in [2.05, 4.69) is 0 Å². The van der Waals surface area contributed by atoms with Crippen molar-refractivity contribution in [1.29, 1.82) is 0 Å². The molecule has 1 fully saturated rings. The summed E-state index contributed by atoms with van der Waals surface area (Å²) < 4.78 is 5.38. The van der Waals surface area contributed by atoms with Gasteiger partial charge in [-0.2, -0.15) is 0 Å². The third-order valence-corrected chi connectivity index (χ3v) is 3.44. The Kier molecular flexibility index (Phi) is 5.39. The summed E-state index contributed by atoms with van der Waals surface area (Å²) in [7, 11) is 3.07. The molecule has 20 heavy (non-hydrogen) atoms. The standard InChI is InChI=1S/C14H26N2O4/c1-10-9-11(12(17)15(5)19-6)7-8-16(10)13(18)20-14(2,3)4/h10-11H,7-9H2,1-6H3. The van der Waals surface area contributed by atoms with Crippen LogP contribution in [0.25, 0.3) is 0 Å². The normalized spacial score (nSPS) is 23.4. The van der Waals surface area contributed by atoms with Crippen LogP contribution in [-0.2, 0) is 14.4 Å². The first-order chi connectivity index (χ1) is 9.15. The highest BCUT2D eigenvalue weighted by Gasteiger charge is 2.35. The van der Waals surface area contributed by atoms with Crippen LogP contribution in [0.15, 0.2) is 0 Å². The predicted octanol–water partition coefficient (Wildman–Crippen LogP) is 2.04. The summed E-state index contributed by atoms with van der Waals surface area (Å²) in [4.78, 5) is 30.7. The molecule has 6 nitrogen and oxygen atoms in total. The number of carbonyl (C=O) groups excluding carboxylic acids is 2. The van der Waals surface area contributed by atoms with Crippen molar-refractivity contribution in [2.45, 2.75) is 52.2 Å². The summed E-state index contributed by atoms with van der Waals surface area (Å²) in [6, 6.07) is -0.0159. The molecule has 0 N–H and O–H groups in total. The van der Waals surface area contributed by atoms with E-state index in [0.717, 1.165) is 0 Å². The van der Waals surface area contributed by atoms with Gasteiger partial charge in [-0.3, -0.25) is 9.63 Å². The second-order valence-electron chi connectivity index (χ2n) is 6.26. The number of ether oxygens (including phenoxy) is 1. The first kappa shape index (κ1) is 16.8. The molecule has 2 atom stereocenters. The Hall–Kier alpha value is -1.30. The highest BCUT2D eigenvalue weighted by molar-refractivity contribution is 5.78. The van der Waals surface area contributed by atoms with E-state index >= 15 is 0 Å². The van der Waals surface area contributed by atoms with Gasteiger partial charge in [-0.25, -0.2) is 9.86 Å². The third-order valence-electron chi connectivity index (χ3n) is 3.44. The van der Waals surface area contributed by atoms with E-state index in [1.807, 2.05) is 27.7 Å². The molecule has 0 aromatic heterocycles. The van der Waals surface area contributed by atoms with Crippen LogP contribution >= 0.6 is 0 Å². The SMILES string of the molecule is CON(C)C(=O)C1CCN(C(=O)OC(C)(C)C)C(C)C1. The quantitative estimate of drug-likeness (QED) is 0.729. The molecular weight excluding hydrogens is 260 g/mol. The number of amides is 2. The maximum absolute atomic E-state index is 12.1. The van der Waals surface area contributed by atoms with E-state index in [9.17, 15) is 9.59 Å². The van der Waals surface area contributed by atoms with Gasteiger partial charge in [-0.15, -0.1) is 0 Å². The zero-order valence-electron chi connectivity index (χ0n) is 13.3. The topological polar surface area (TPSA) is 59.1 Å². The first-order valence-corrected chi connectivity index (χ1v) is 6.97. The summed E-state index contributed by atoms with van der Waals surface area (Å²) in [6.07, 6.45) is 0.957. The fraction of sp³-hybridized carbons (Fsp3) is 0.857. The van der Waals surface area contributed by atoms with E-state index in [1.54, 1.807) is 11.9 Å². The second-order valence-corrected chi connectivity index (χ2v) is 6.26. The van der Waals surface area contributed by atoms with Crippen molar-refractivity contribution < 1.29 is 19.2 Å². The van der Waals surface area contributed by atoms with Gasteiger partial charge < -0.3 is 9.64 Å². The predicted molar refractivity (Wildman–Crippen MR) is 74.9 cm³/mol. The molecule has 0 aromatic rings. The molecule has 116 valence electrons. The average Bonchev–Trinajstić information content (AvgIpc) is 2.34.